The van der Waals surface area contributed by atoms with E-state index < -0.39 is 27.6 Å². The molecule has 5 nitrogen and oxygen atoms in total. The molecule has 1 aliphatic heterocycles. The van der Waals surface area contributed by atoms with Crippen LogP contribution in [0.1, 0.15) is 29.6 Å². The molecule has 1 aliphatic rings. The molecule has 0 spiro atoms. The van der Waals surface area contributed by atoms with Crippen LogP contribution in [0, 0.1) is 11.6 Å². The maximum atomic E-state index is 13.8. The number of hydrogen-bond acceptors (Lipinski definition) is 3. The van der Waals surface area contributed by atoms with E-state index in [2.05, 4.69) is 5.32 Å². The molecule has 0 radical (unpaired) electrons. The Kier molecular flexibility index (Phi) is 5.33. The number of sulfonamides is 1. The van der Waals surface area contributed by atoms with Gasteiger partial charge in [-0.05, 0) is 37.1 Å². The topological polar surface area (TPSA) is 66.5 Å². The van der Waals surface area contributed by atoms with Crippen molar-refractivity contribution >= 4 is 21.6 Å². The number of halogens is 2. The first kappa shape index (κ1) is 18.5. The molecule has 2 aromatic rings. The smallest absolute Gasteiger partial charge is 0.257 e. The number of carbonyl (C=O) groups is 1. The van der Waals surface area contributed by atoms with Crippen molar-refractivity contribution < 1.29 is 22.0 Å². The molecule has 138 valence electrons. The minimum Gasteiger partial charge on any atom is -0.319 e. The highest BCUT2D eigenvalue weighted by Gasteiger charge is 2.29. The van der Waals surface area contributed by atoms with Gasteiger partial charge in [-0.15, -0.1) is 0 Å². The summed E-state index contributed by atoms with van der Waals surface area (Å²) in [4.78, 5) is 12.4. The Hall–Kier alpha value is -2.32. The van der Waals surface area contributed by atoms with Gasteiger partial charge >= 0.3 is 0 Å². The van der Waals surface area contributed by atoms with Crippen molar-refractivity contribution in [3.05, 3.63) is 59.7 Å². The first-order chi connectivity index (χ1) is 12.4. The minimum atomic E-state index is -3.83. The van der Waals surface area contributed by atoms with E-state index in [9.17, 15) is 22.0 Å². The number of nitrogens with zero attached hydrogens (tertiary/aromatic N) is 1. The Morgan fingerprint density at radius 3 is 2.38 bits per heavy atom. The van der Waals surface area contributed by atoms with Crippen molar-refractivity contribution in [1.29, 1.82) is 0 Å². The highest BCUT2D eigenvalue weighted by Crippen LogP contribution is 2.25. The summed E-state index contributed by atoms with van der Waals surface area (Å²) >= 11 is 0. The molecular formula is C18H18F2N2O3S. The second kappa shape index (κ2) is 7.51. The number of piperidine rings is 1. The van der Waals surface area contributed by atoms with Gasteiger partial charge in [0.05, 0.1) is 16.1 Å². The van der Waals surface area contributed by atoms with Crippen LogP contribution >= 0.6 is 0 Å². The number of rotatable bonds is 4. The zero-order valence-electron chi connectivity index (χ0n) is 13.9. The van der Waals surface area contributed by atoms with Crippen molar-refractivity contribution in [3.8, 4) is 0 Å². The Morgan fingerprint density at radius 2 is 1.69 bits per heavy atom. The average molecular weight is 380 g/mol. The standard InChI is InChI=1S/C18H18F2N2O3S/c19-13-8-9-16(15(20)12-13)21-18(23)14-6-2-3-7-17(14)26(24,25)22-10-4-1-5-11-22/h2-3,6-9,12H,1,4-5,10-11H2,(H,21,23). The number of anilines is 1. The Bertz CT molecular complexity index is 926. The van der Waals surface area contributed by atoms with E-state index in [1.807, 2.05) is 0 Å². The van der Waals surface area contributed by atoms with E-state index >= 15 is 0 Å². The Balaban J connectivity index is 1.92. The van der Waals surface area contributed by atoms with Crippen LogP contribution in [0.2, 0.25) is 0 Å². The van der Waals surface area contributed by atoms with Gasteiger partial charge < -0.3 is 5.32 Å². The van der Waals surface area contributed by atoms with Crippen LogP contribution < -0.4 is 5.32 Å². The van der Waals surface area contributed by atoms with Crippen LogP contribution in [0.5, 0.6) is 0 Å². The molecule has 1 N–H and O–H groups in total. The van der Waals surface area contributed by atoms with Crippen molar-refractivity contribution in [2.75, 3.05) is 18.4 Å². The average Bonchev–Trinajstić information content (AvgIpc) is 2.64. The van der Waals surface area contributed by atoms with Gasteiger partial charge in [-0.25, -0.2) is 17.2 Å². The summed E-state index contributed by atoms with van der Waals surface area (Å²) < 4.78 is 53.9. The van der Waals surface area contributed by atoms with E-state index in [-0.39, 0.29) is 16.1 Å². The summed E-state index contributed by atoms with van der Waals surface area (Å²) in [5, 5.41) is 2.31. The number of amides is 1. The van der Waals surface area contributed by atoms with Crippen molar-refractivity contribution in [3.63, 3.8) is 0 Å². The first-order valence-corrected chi connectivity index (χ1v) is 9.69. The normalized spacial score (nSPS) is 15.6. The molecule has 0 aliphatic carbocycles. The van der Waals surface area contributed by atoms with Gasteiger partial charge in [-0.3, -0.25) is 4.79 Å². The molecule has 1 heterocycles. The van der Waals surface area contributed by atoms with Crippen LogP contribution in [-0.4, -0.2) is 31.7 Å². The molecule has 1 saturated heterocycles. The molecule has 1 amide bonds. The molecule has 0 aromatic heterocycles. The van der Waals surface area contributed by atoms with Gasteiger partial charge in [0.1, 0.15) is 11.6 Å². The van der Waals surface area contributed by atoms with Crippen LogP contribution in [0.25, 0.3) is 0 Å². The van der Waals surface area contributed by atoms with Crippen LogP contribution in [0.4, 0.5) is 14.5 Å². The van der Waals surface area contributed by atoms with Gasteiger partial charge in [-0.2, -0.15) is 4.31 Å². The van der Waals surface area contributed by atoms with Crippen LogP contribution in [0.3, 0.4) is 0 Å². The van der Waals surface area contributed by atoms with Crippen molar-refractivity contribution in [2.24, 2.45) is 0 Å². The Labute approximate surface area is 150 Å². The summed E-state index contributed by atoms with van der Waals surface area (Å²) in [6.45, 7) is 0.815. The summed E-state index contributed by atoms with van der Waals surface area (Å²) in [7, 11) is -3.83. The van der Waals surface area contributed by atoms with Crippen LogP contribution in [-0.2, 0) is 10.0 Å². The fourth-order valence-electron chi connectivity index (χ4n) is 2.90. The van der Waals surface area contributed by atoms with Crippen LogP contribution in [0.15, 0.2) is 47.4 Å². The molecule has 8 heteroatoms. The Morgan fingerprint density at radius 1 is 1.00 bits per heavy atom. The third kappa shape index (κ3) is 3.76. The van der Waals surface area contributed by atoms with E-state index in [4.69, 9.17) is 0 Å². The summed E-state index contributed by atoms with van der Waals surface area (Å²) in [6.07, 6.45) is 2.51. The third-order valence-electron chi connectivity index (χ3n) is 4.24. The highest BCUT2D eigenvalue weighted by molar-refractivity contribution is 7.89. The quantitative estimate of drug-likeness (QED) is 0.884. The first-order valence-electron chi connectivity index (χ1n) is 8.25. The second-order valence-corrected chi connectivity index (χ2v) is 7.95. The van der Waals surface area contributed by atoms with E-state index in [0.717, 1.165) is 31.4 Å². The van der Waals surface area contributed by atoms with E-state index in [1.54, 1.807) is 0 Å². The minimum absolute atomic E-state index is 0.0817. The number of carbonyl (C=O) groups excluding carboxylic acids is 1. The zero-order valence-corrected chi connectivity index (χ0v) is 14.7. The number of hydrogen-bond donors (Lipinski definition) is 1. The fraction of sp³-hybridized carbons (Fsp3) is 0.278. The molecule has 1 fully saturated rings. The van der Waals surface area contributed by atoms with Gasteiger partial charge in [0.15, 0.2) is 0 Å². The predicted octanol–water partition coefficient (Wildman–Crippen LogP) is 3.39. The SMILES string of the molecule is O=C(Nc1ccc(F)cc1F)c1ccccc1S(=O)(=O)N1CCCCC1. The summed E-state index contributed by atoms with van der Waals surface area (Å²) in [5.41, 5.74) is -0.302. The predicted molar refractivity (Wildman–Crippen MR) is 93.4 cm³/mol. The summed E-state index contributed by atoms with van der Waals surface area (Å²) in [6, 6.07) is 8.54. The van der Waals surface area contributed by atoms with Gasteiger partial charge in [-0.1, -0.05) is 18.6 Å². The fourth-order valence-corrected chi connectivity index (χ4v) is 4.61. The lowest BCUT2D eigenvalue weighted by Gasteiger charge is -2.26. The van der Waals surface area contributed by atoms with Gasteiger partial charge in [0.25, 0.3) is 5.91 Å². The molecule has 0 saturated carbocycles. The molecule has 2 aromatic carbocycles. The molecule has 0 unspecified atom stereocenters. The molecule has 26 heavy (non-hydrogen) atoms. The summed E-state index contributed by atoms with van der Waals surface area (Å²) in [5.74, 6) is -2.48. The maximum absolute atomic E-state index is 13.8. The monoisotopic (exact) mass is 380 g/mol. The van der Waals surface area contributed by atoms with E-state index in [1.165, 1.54) is 28.6 Å². The van der Waals surface area contributed by atoms with Crippen molar-refractivity contribution in [2.45, 2.75) is 24.2 Å². The molecule has 0 bridgehead atoms. The largest absolute Gasteiger partial charge is 0.319 e. The molecular weight excluding hydrogens is 362 g/mol. The number of benzene rings is 2. The molecule has 3 rings (SSSR count). The lowest BCUT2D eigenvalue weighted by molar-refractivity contribution is 0.102. The van der Waals surface area contributed by atoms with Gasteiger partial charge in [0.2, 0.25) is 10.0 Å². The second-order valence-electron chi connectivity index (χ2n) is 6.04. The number of nitrogens with one attached hydrogen (secondary N) is 1. The highest BCUT2D eigenvalue weighted by atomic mass is 32.2. The van der Waals surface area contributed by atoms with Gasteiger partial charge in [0, 0.05) is 19.2 Å². The lowest BCUT2D eigenvalue weighted by atomic mass is 10.2. The maximum Gasteiger partial charge on any atom is 0.257 e. The van der Waals surface area contributed by atoms with Crippen molar-refractivity contribution in [1.82, 2.24) is 4.31 Å². The van der Waals surface area contributed by atoms with E-state index in [0.29, 0.717) is 19.2 Å². The third-order valence-corrected chi connectivity index (χ3v) is 6.20. The lowest BCUT2D eigenvalue weighted by Crippen LogP contribution is -2.36. The molecule has 0 atom stereocenters. The zero-order chi connectivity index (χ0) is 18.7.